The summed E-state index contributed by atoms with van der Waals surface area (Å²) < 4.78 is 0. The Morgan fingerprint density at radius 2 is 1.79 bits per heavy atom. The molecule has 1 saturated heterocycles. The second-order valence-corrected chi connectivity index (χ2v) is 6.26. The molecule has 2 aromatic carbocycles. The molecule has 5 nitrogen and oxygen atoms in total. The van der Waals surface area contributed by atoms with Crippen LogP contribution in [-0.4, -0.2) is 23.0 Å². The third-order valence-corrected chi connectivity index (χ3v) is 4.29. The number of rotatable bonds is 3. The largest absolute Gasteiger partial charge is 0.508 e. The van der Waals surface area contributed by atoms with E-state index in [1.807, 2.05) is 32.0 Å². The maximum absolute atomic E-state index is 12.7. The minimum absolute atomic E-state index is 0.111. The molecule has 2 N–H and O–H groups in total. The van der Waals surface area contributed by atoms with Crippen molar-refractivity contribution in [3.8, 4) is 5.75 Å². The average Bonchev–Trinajstić information content (AvgIpc) is 2.78. The van der Waals surface area contributed by atoms with Crippen LogP contribution in [0.25, 0.3) is 0 Å². The molecule has 0 radical (unpaired) electrons. The maximum atomic E-state index is 12.7. The van der Waals surface area contributed by atoms with Gasteiger partial charge in [0, 0.05) is 5.69 Å². The van der Waals surface area contributed by atoms with E-state index in [1.165, 1.54) is 11.0 Å². The van der Waals surface area contributed by atoms with Crippen LogP contribution in [0, 0.1) is 20.8 Å². The molecule has 2 amide bonds. The van der Waals surface area contributed by atoms with Gasteiger partial charge in [0.25, 0.3) is 5.91 Å². The van der Waals surface area contributed by atoms with Crippen molar-refractivity contribution in [1.29, 1.82) is 0 Å². The Morgan fingerprint density at radius 3 is 2.50 bits per heavy atom. The molecule has 124 valence electrons. The molecular weight excluding hydrogens is 304 g/mol. The first-order valence-corrected chi connectivity index (χ1v) is 7.87. The molecule has 1 unspecified atom stereocenters. The molecule has 1 heterocycles. The van der Waals surface area contributed by atoms with E-state index in [0.29, 0.717) is 11.3 Å². The van der Waals surface area contributed by atoms with Crippen molar-refractivity contribution in [1.82, 2.24) is 0 Å². The lowest BCUT2D eigenvalue weighted by Gasteiger charge is -2.19. The zero-order chi connectivity index (χ0) is 17.4. The Hall–Kier alpha value is -2.82. The predicted molar refractivity (Wildman–Crippen MR) is 93.3 cm³/mol. The highest BCUT2D eigenvalue weighted by molar-refractivity contribution is 6.23. The van der Waals surface area contributed by atoms with Gasteiger partial charge in [-0.1, -0.05) is 12.1 Å². The maximum Gasteiger partial charge on any atom is 0.256 e. The van der Waals surface area contributed by atoms with Gasteiger partial charge in [-0.25, -0.2) is 4.90 Å². The van der Waals surface area contributed by atoms with E-state index in [2.05, 4.69) is 5.32 Å². The molecule has 0 aliphatic carbocycles. The van der Waals surface area contributed by atoms with E-state index < -0.39 is 6.04 Å². The lowest BCUT2D eigenvalue weighted by Crippen LogP contribution is -2.35. The third kappa shape index (κ3) is 2.85. The highest BCUT2D eigenvalue weighted by Crippen LogP contribution is 2.30. The number of aryl methyl sites for hydroxylation is 3. The summed E-state index contributed by atoms with van der Waals surface area (Å²) in [6, 6.07) is 10.0. The van der Waals surface area contributed by atoms with Gasteiger partial charge in [-0.2, -0.15) is 0 Å². The topological polar surface area (TPSA) is 69.6 Å². The summed E-state index contributed by atoms with van der Waals surface area (Å²) in [5, 5.41) is 12.7. The second-order valence-electron chi connectivity index (χ2n) is 6.26. The quantitative estimate of drug-likeness (QED) is 0.851. The fraction of sp³-hybridized carbons (Fsp3) is 0.263. The van der Waals surface area contributed by atoms with Crippen LogP contribution in [0.2, 0.25) is 0 Å². The summed E-state index contributed by atoms with van der Waals surface area (Å²) >= 11 is 0. The molecule has 1 aliphatic rings. The minimum Gasteiger partial charge on any atom is -0.508 e. The van der Waals surface area contributed by atoms with Crippen molar-refractivity contribution >= 4 is 23.2 Å². The lowest BCUT2D eigenvalue weighted by atomic mass is 10.1. The molecule has 1 atom stereocenters. The van der Waals surface area contributed by atoms with Gasteiger partial charge in [-0.3, -0.25) is 9.59 Å². The molecule has 2 aromatic rings. The number of benzene rings is 2. The Labute approximate surface area is 140 Å². The summed E-state index contributed by atoms with van der Waals surface area (Å²) in [4.78, 5) is 26.3. The molecule has 1 aliphatic heterocycles. The molecule has 0 aromatic heterocycles. The third-order valence-electron chi connectivity index (χ3n) is 4.29. The minimum atomic E-state index is -0.578. The van der Waals surface area contributed by atoms with Crippen molar-refractivity contribution in [2.75, 3.05) is 10.2 Å². The van der Waals surface area contributed by atoms with Crippen LogP contribution < -0.4 is 10.2 Å². The van der Waals surface area contributed by atoms with E-state index in [4.69, 9.17) is 0 Å². The van der Waals surface area contributed by atoms with Gasteiger partial charge in [0.15, 0.2) is 0 Å². The Morgan fingerprint density at radius 1 is 1.04 bits per heavy atom. The number of hydrogen-bond acceptors (Lipinski definition) is 4. The van der Waals surface area contributed by atoms with Crippen molar-refractivity contribution in [2.45, 2.75) is 33.2 Å². The van der Waals surface area contributed by atoms with Crippen LogP contribution in [0.4, 0.5) is 11.4 Å². The summed E-state index contributed by atoms with van der Waals surface area (Å²) in [5.41, 5.74) is 4.19. The van der Waals surface area contributed by atoms with E-state index in [9.17, 15) is 14.7 Å². The van der Waals surface area contributed by atoms with Gasteiger partial charge in [0.05, 0.1) is 12.1 Å². The second kappa shape index (κ2) is 6.00. The Balaban J connectivity index is 1.87. The Kier molecular flexibility index (Phi) is 4.01. The van der Waals surface area contributed by atoms with E-state index >= 15 is 0 Å². The number of phenolic OH excluding ortho intramolecular Hbond substituents is 1. The SMILES string of the molecule is Cc1ccc(C)c(NC2CC(=O)N(c3ccc(O)cc3C)C2=O)c1. The Bertz CT molecular complexity index is 829. The molecule has 0 saturated carbocycles. The molecular formula is C19H20N2O3. The first-order chi connectivity index (χ1) is 11.4. The fourth-order valence-corrected chi connectivity index (χ4v) is 2.97. The number of phenols is 1. The van der Waals surface area contributed by atoms with Gasteiger partial charge >= 0.3 is 0 Å². The van der Waals surface area contributed by atoms with Crippen molar-refractivity contribution in [3.63, 3.8) is 0 Å². The highest BCUT2D eigenvalue weighted by atomic mass is 16.3. The first-order valence-electron chi connectivity index (χ1n) is 7.87. The summed E-state index contributed by atoms with van der Waals surface area (Å²) in [6.07, 6.45) is 0.118. The summed E-state index contributed by atoms with van der Waals surface area (Å²) in [5.74, 6) is -0.397. The monoisotopic (exact) mass is 324 g/mol. The first kappa shape index (κ1) is 16.1. The van der Waals surface area contributed by atoms with Crippen LogP contribution in [0.3, 0.4) is 0 Å². The normalized spacial score (nSPS) is 17.5. The van der Waals surface area contributed by atoms with Gasteiger partial charge in [-0.05, 0) is 61.7 Å². The molecule has 24 heavy (non-hydrogen) atoms. The standard InChI is InChI=1S/C19H20N2O3/c1-11-4-5-12(2)15(8-11)20-16-10-18(23)21(19(16)24)17-7-6-14(22)9-13(17)3/h4-9,16,20,22H,10H2,1-3H3. The number of carbonyl (C=O) groups excluding carboxylic acids is 2. The lowest BCUT2D eigenvalue weighted by molar-refractivity contribution is -0.121. The van der Waals surface area contributed by atoms with Gasteiger partial charge < -0.3 is 10.4 Å². The number of anilines is 2. The highest BCUT2D eigenvalue weighted by Gasteiger charge is 2.40. The number of hydrogen-bond donors (Lipinski definition) is 2. The van der Waals surface area contributed by atoms with Gasteiger partial charge in [0.2, 0.25) is 5.91 Å². The van der Waals surface area contributed by atoms with Gasteiger partial charge in [-0.15, -0.1) is 0 Å². The number of nitrogens with zero attached hydrogens (tertiary/aromatic N) is 1. The molecule has 0 bridgehead atoms. The van der Waals surface area contributed by atoms with Crippen molar-refractivity contribution in [2.24, 2.45) is 0 Å². The summed E-state index contributed by atoms with van der Waals surface area (Å²) in [6.45, 7) is 5.71. The van der Waals surface area contributed by atoms with Crippen LogP contribution in [-0.2, 0) is 9.59 Å². The number of amides is 2. The average molecular weight is 324 g/mol. The van der Waals surface area contributed by atoms with Crippen molar-refractivity contribution in [3.05, 3.63) is 53.1 Å². The van der Waals surface area contributed by atoms with Crippen LogP contribution in [0.5, 0.6) is 5.75 Å². The van der Waals surface area contributed by atoms with E-state index in [1.54, 1.807) is 19.1 Å². The molecule has 1 fully saturated rings. The number of imide groups is 1. The predicted octanol–water partition coefficient (Wildman–Crippen LogP) is 3.06. The number of aromatic hydroxyl groups is 1. The molecule has 0 spiro atoms. The molecule has 3 rings (SSSR count). The van der Waals surface area contributed by atoms with Crippen molar-refractivity contribution < 1.29 is 14.7 Å². The van der Waals surface area contributed by atoms with E-state index in [-0.39, 0.29) is 24.0 Å². The number of carbonyl (C=O) groups is 2. The van der Waals surface area contributed by atoms with Crippen LogP contribution in [0.1, 0.15) is 23.1 Å². The fourth-order valence-electron chi connectivity index (χ4n) is 2.97. The van der Waals surface area contributed by atoms with Crippen LogP contribution in [0.15, 0.2) is 36.4 Å². The van der Waals surface area contributed by atoms with Crippen LogP contribution >= 0.6 is 0 Å². The molecule has 5 heteroatoms. The van der Waals surface area contributed by atoms with E-state index in [0.717, 1.165) is 16.8 Å². The number of nitrogens with one attached hydrogen (secondary N) is 1. The zero-order valence-corrected chi connectivity index (χ0v) is 14.0. The zero-order valence-electron chi connectivity index (χ0n) is 14.0. The van der Waals surface area contributed by atoms with Gasteiger partial charge in [0.1, 0.15) is 11.8 Å². The smallest absolute Gasteiger partial charge is 0.256 e. The summed E-state index contributed by atoms with van der Waals surface area (Å²) in [7, 11) is 0.